The Morgan fingerprint density at radius 1 is 1.67 bits per heavy atom. The number of carbonyl (C=O) groups is 1. The highest BCUT2D eigenvalue weighted by atomic mass is 16.4. The van der Waals surface area contributed by atoms with Gasteiger partial charge in [-0.05, 0) is 0 Å². The molecule has 48 valence electrons. The van der Waals surface area contributed by atoms with Crippen LogP contribution < -0.4 is 0 Å². The quantitative estimate of drug-likeness (QED) is 0.571. The first kappa shape index (κ1) is 7.70. The molecule has 9 heavy (non-hydrogen) atoms. The smallest absolute Gasteiger partial charge is 0.307 e. The van der Waals surface area contributed by atoms with Gasteiger partial charge in [0, 0.05) is 0 Å². The van der Waals surface area contributed by atoms with Crippen molar-refractivity contribution in [3.05, 3.63) is 12.2 Å². The summed E-state index contributed by atoms with van der Waals surface area (Å²) in [5.74, 6) is -0.871. The van der Waals surface area contributed by atoms with E-state index in [0.29, 0.717) is 0 Å². The predicted octanol–water partition coefficient (Wildman–Crippen LogP) is 0.931. The zero-order valence-corrected chi connectivity index (χ0v) is 4.87. The Bertz CT molecular complexity index is 155. The lowest BCUT2D eigenvalue weighted by Gasteiger charge is -1.79. The van der Waals surface area contributed by atoms with Crippen LogP contribution in [0.2, 0.25) is 0 Å². The van der Waals surface area contributed by atoms with Gasteiger partial charge in [0.1, 0.15) is 0 Å². The van der Waals surface area contributed by atoms with Gasteiger partial charge in [0.05, 0.1) is 18.9 Å². The van der Waals surface area contributed by atoms with E-state index in [1.807, 2.05) is 6.07 Å². The van der Waals surface area contributed by atoms with Crippen LogP contribution in [0.5, 0.6) is 0 Å². The van der Waals surface area contributed by atoms with Crippen LogP contribution in [0.4, 0.5) is 0 Å². The van der Waals surface area contributed by atoms with E-state index in [0.717, 1.165) is 0 Å². The molecule has 0 unspecified atom stereocenters. The maximum absolute atomic E-state index is 9.83. The predicted molar refractivity (Wildman–Crippen MR) is 31.6 cm³/mol. The maximum atomic E-state index is 9.83. The summed E-state index contributed by atoms with van der Waals surface area (Å²) in [6.45, 7) is 0. The van der Waals surface area contributed by atoms with Crippen LogP contribution in [0.1, 0.15) is 12.8 Å². The van der Waals surface area contributed by atoms with E-state index < -0.39 is 5.97 Å². The first-order chi connectivity index (χ1) is 4.27. The van der Waals surface area contributed by atoms with Crippen molar-refractivity contribution in [2.75, 3.05) is 0 Å². The number of rotatable bonds is 3. The molecule has 0 radical (unpaired) electrons. The second-order valence-electron chi connectivity index (χ2n) is 1.43. The Hall–Kier alpha value is -1.30. The largest absolute Gasteiger partial charge is 0.481 e. The normalized spacial score (nSPS) is 9.22. The molecule has 0 saturated carbocycles. The average Bonchev–Trinajstić information content (AvgIpc) is 1.80. The molecule has 0 amide bonds. The van der Waals surface area contributed by atoms with Crippen LogP contribution in [-0.4, -0.2) is 11.1 Å². The van der Waals surface area contributed by atoms with Gasteiger partial charge in [-0.25, -0.2) is 0 Å². The summed E-state index contributed by atoms with van der Waals surface area (Å²) in [5.41, 5.74) is 0. The van der Waals surface area contributed by atoms with Crippen LogP contribution >= 0.6 is 0 Å². The van der Waals surface area contributed by atoms with Crippen molar-refractivity contribution in [3.63, 3.8) is 0 Å². The number of aliphatic carboxylic acids is 1. The van der Waals surface area contributed by atoms with Gasteiger partial charge in [-0.15, -0.1) is 0 Å². The Morgan fingerprint density at radius 3 is 2.78 bits per heavy atom. The summed E-state index contributed by atoms with van der Waals surface area (Å²) in [6, 6.07) is 1.86. The monoisotopic (exact) mass is 125 g/mol. The van der Waals surface area contributed by atoms with Crippen LogP contribution in [0.25, 0.3) is 0 Å². The van der Waals surface area contributed by atoms with Crippen molar-refractivity contribution in [2.24, 2.45) is 0 Å². The molecule has 0 aliphatic carbocycles. The molecule has 0 aromatic heterocycles. The molecule has 0 saturated heterocycles. The van der Waals surface area contributed by atoms with Gasteiger partial charge in [-0.3, -0.25) is 4.79 Å². The Kier molecular flexibility index (Phi) is 4.15. The fraction of sp³-hybridized carbons (Fsp3) is 0.333. The summed E-state index contributed by atoms with van der Waals surface area (Å²) in [7, 11) is 0. The second kappa shape index (κ2) is 4.85. The van der Waals surface area contributed by atoms with E-state index in [2.05, 4.69) is 0 Å². The molecule has 0 atom stereocenters. The minimum Gasteiger partial charge on any atom is -0.481 e. The van der Waals surface area contributed by atoms with E-state index >= 15 is 0 Å². The fourth-order valence-electron chi connectivity index (χ4n) is 0.320. The number of carboxylic acid groups (broad SMARTS) is 1. The summed E-state index contributed by atoms with van der Waals surface area (Å²) in [5, 5.41) is 16.1. The number of carboxylic acids is 1. The maximum Gasteiger partial charge on any atom is 0.307 e. The zero-order valence-electron chi connectivity index (χ0n) is 4.87. The molecule has 1 N–H and O–H groups in total. The number of nitrogens with zero attached hydrogens (tertiary/aromatic N) is 1. The summed E-state index contributed by atoms with van der Waals surface area (Å²) < 4.78 is 0. The van der Waals surface area contributed by atoms with E-state index in [9.17, 15) is 4.79 Å². The Labute approximate surface area is 53.2 Å². The van der Waals surface area contributed by atoms with Gasteiger partial charge < -0.3 is 5.11 Å². The lowest BCUT2D eigenvalue weighted by molar-refractivity contribution is -0.136. The van der Waals surface area contributed by atoms with Gasteiger partial charge in [0.25, 0.3) is 0 Å². The van der Waals surface area contributed by atoms with Crippen molar-refractivity contribution in [1.29, 1.82) is 5.26 Å². The van der Waals surface area contributed by atoms with E-state index in [1.54, 1.807) is 0 Å². The number of nitriles is 1. The molecule has 0 aromatic rings. The van der Waals surface area contributed by atoms with Crippen LogP contribution in [0, 0.1) is 11.3 Å². The average molecular weight is 125 g/mol. The zero-order chi connectivity index (χ0) is 7.11. The summed E-state index contributed by atoms with van der Waals surface area (Å²) >= 11 is 0. The molecule has 0 spiro atoms. The van der Waals surface area contributed by atoms with Gasteiger partial charge in [0.2, 0.25) is 0 Å². The Morgan fingerprint density at radius 2 is 2.33 bits per heavy atom. The number of hydrogen-bond acceptors (Lipinski definition) is 2. The highest BCUT2D eigenvalue weighted by molar-refractivity contribution is 5.68. The molecular weight excluding hydrogens is 118 g/mol. The molecule has 0 aliphatic heterocycles. The second-order valence-corrected chi connectivity index (χ2v) is 1.43. The van der Waals surface area contributed by atoms with Crippen LogP contribution in [-0.2, 0) is 4.79 Å². The summed E-state index contributed by atoms with van der Waals surface area (Å²) in [6.07, 6.45) is 3.29. The number of allylic oxidation sites excluding steroid dienone is 1. The van der Waals surface area contributed by atoms with Crippen LogP contribution in [0.3, 0.4) is 0 Å². The third kappa shape index (κ3) is 6.70. The standard InChI is InChI=1S/C6H7NO2/c7-5-3-1-2-4-6(8)9/h1-2H,3-4H2,(H,8,9)/b2-1+. The number of hydrogen-bond donors (Lipinski definition) is 1. The molecule has 0 aliphatic rings. The summed E-state index contributed by atoms with van der Waals surface area (Å²) in [4.78, 5) is 9.83. The molecule has 0 heterocycles. The minimum atomic E-state index is -0.871. The van der Waals surface area contributed by atoms with Crippen molar-refractivity contribution >= 4 is 5.97 Å². The minimum absolute atomic E-state index is 0.00167. The third-order valence-electron chi connectivity index (χ3n) is 0.668. The molecule has 0 fully saturated rings. The first-order valence-electron chi connectivity index (χ1n) is 2.51. The molecule has 3 heteroatoms. The SMILES string of the molecule is N#CC/C=C/CC(=O)O. The van der Waals surface area contributed by atoms with Crippen molar-refractivity contribution in [1.82, 2.24) is 0 Å². The fourth-order valence-corrected chi connectivity index (χ4v) is 0.320. The van der Waals surface area contributed by atoms with Gasteiger partial charge in [0.15, 0.2) is 0 Å². The topological polar surface area (TPSA) is 61.1 Å². The third-order valence-corrected chi connectivity index (χ3v) is 0.668. The van der Waals surface area contributed by atoms with Crippen molar-refractivity contribution in [2.45, 2.75) is 12.8 Å². The molecule has 0 rings (SSSR count). The lowest BCUT2D eigenvalue weighted by atomic mass is 10.3. The van der Waals surface area contributed by atoms with Gasteiger partial charge >= 0.3 is 5.97 Å². The molecule has 3 nitrogen and oxygen atoms in total. The Balaban J connectivity index is 3.28. The van der Waals surface area contributed by atoms with E-state index in [1.165, 1.54) is 12.2 Å². The van der Waals surface area contributed by atoms with E-state index in [-0.39, 0.29) is 12.8 Å². The molecule has 0 bridgehead atoms. The molecular formula is C6H7NO2. The molecule has 0 aromatic carbocycles. The van der Waals surface area contributed by atoms with Crippen molar-refractivity contribution < 1.29 is 9.90 Å². The van der Waals surface area contributed by atoms with E-state index in [4.69, 9.17) is 10.4 Å². The van der Waals surface area contributed by atoms with Crippen molar-refractivity contribution in [3.8, 4) is 6.07 Å². The highest BCUT2D eigenvalue weighted by Crippen LogP contribution is 1.84. The van der Waals surface area contributed by atoms with Gasteiger partial charge in [-0.2, -0.15) is 5.26 Å². The lowest BCUT2D eigenvalue weighted by Crippen LogP contribution is -1.89. The van der Waals surface area contributed by atoms with Gasteiger partial charge in [-0.1, -0.05) is 12.2 Å². The van der Waals surface area contributed by atoms with Crippen LogP contribution in [0.15, 0.2) is 12.2 Å². The first-order valence-corrected chi connectivity index (χ1v) is 2.51. The highest BCUT2D eigenvalue weighted by Gasteiger charge is 1.86.